The summed E-state index contributed by atoms with van der Waals surface area (Å²) in [6, 6.07) is -1.71. The highest BCUT2D eigenvalue weighted by atomic mass is 32.2. The van der Waals surface area contributed by atoms with Crippen LogP contribution in [-0.2, 0) is 19.4 Å². The Labute approximate surface area is 106 Å². The first-order chi connectivity index (χ1) is 8.35. The summed E-state index contributed by atoms with van der Waals surface area (Å²) in [6.45, 7) is 3.40. The van der Waals surface area contributed by atoms with Gasteiger partial charge in [0.2, 0.25) is 11.8 Å². The number of amides is 2. The minimum Gasteiger partial charge on any atom is -0.343 e. The molecule has 0 saturated carbocycles. The highest BCUT2D eigenvalue weighted by Crippen LogP contribution is 2.22. The van der Waals surface area contributed by atoms with E-state index >= 15 is 0 Å². The zero-order valence-electron chi connectivity index (χ0n) is 10.3. The second-order valence-corrected chi connectivity index (χ2v) is 6.56. The minimum absolute atomic E-state index is 0.130. The normalized spacial score (nSPS) is 34.8. The number of sulfone groups is 1. The summed E-state index contributed by atoms with van der Waals surface area (Å²) in [6.07, 6.45) is 1.95. The molecule has 0 bridgehead atoms. The zero-order valence-corrected chi connectivity index (χ0v) is 11.1. The molecule has 0 radical (unpaired) electrons. The fraction of sp³-hybridized carbons (Fsp3) is 0.636. The fourth-order valence-corrected chi connectivity index (χ4v) is 3.66. The number of nitrogens with one attached hydrogen (secondary N) is 1. The van der Waals surface area contributed by atoms with E-state index in [-0.39, 0.29) is 17.6 Å². The Morgan fingerprint density at radius 3 is 2.61 bits per heavy atom. The van der Waals surface area contributed by atoms with E-state index in [0.717, 1.165) is 5.41 Å². The van der Waals surface area contributed by atoms with Crippen molar-refractivity contribution in [3.8, 4) is 0 Å². The lowest BCUT2D eigenvalue weighted by Gasteiger charge is -2.40. The Morgan fingerprint density at radius 2 is 2.11 bits per heavy atom. The Bertz CT molecular complexity index is 511. The molecule has 3 atom stereocenters. The molecule has 2 heterocycles. The molecule has 0 aromatic rings. The van der Waals surface area contributed by atoms with E-state index in [4.69, 9.17) is 0 Å². The van der Waals surface area contributed by atoms with Gasteiger partial charge in [-0.2, -0.15) is 0 Å². The number of hydrogen-bond donors (Lipinski definition) is 1. The average molecular weight is 272 g/mol. The third-order valence-electron chi connectivity index (χ3n) is 3.28. The van der Waals surface area contributed by atoms with Gasteiger partial charge in [-0.25, -0.2) is 8.42 Å². The molecular weight excluding hydrogens is 256 g/mol. The van der Waals surface area contributed by atoms with E-state index in [0.29, 0.717) is 6.42 Å². The molecule has 18 heavy (non-hydrogen) atoms. The molecule has 0 aromatic heterocycles. The molecule has 0 aliphatic carbocycles. The van der Waals surface area contributed by atoms with Crippen LogP contribution < -0.4 is 5.32 Å². The van der Waals surface area contributed by atoms with E-state index in [2.05, 4.69) is 5.32 Å². The van der Waals surface area contributed by atoms with E-state index in [9.17, 15) is 18.0 Å². The molecule has 2 rings (SSSR count). The molecule has 7 heteroatoms. The Hall–Kier alpha value is -1.37. The summed E-state index contributed by atoms with van der Waals surface area (Å²) in [7, 11) is -3.24. The van der Waals surface area contributed by atoms with Crippen molar-refractivity contribution in [2.45, 2.75) is 38.4 Å². The molecule has 3 unspecified atom stereocenters. The van der Waals surface area contributed by atoms with Gasteiger partial charge in [0.05, 0.1) is 11.8 Å². The first-order valence-electron chi connectivity index (χ1n) is 5.89. The SMILES string of the molecule is CCC1C(=O)NC(C)C(=O)N1C1C=CS(=O)(=O)C1. The molecule has 1 N–H and O–H groups in total. The third-order valence-corrected chi connectivity index (χ3v) is 4.66. The summed E-state index contributed by atoms with van der Waals surface area (Å²) in [4.78, 5) is 25.4. The molecule has 6 nitrogen and oxygen atoms in total. The van der Waals surface area contributed by atoms with Gasteiger partial charge in [-0.15, -0.1) is 0 Å². The molecule has 100 valence electrons. The lowest BCUT2D eigenvalue weighted by molar-refractivity contribution is -0.150. The predicted octanol–water partition coefficient (Wildman–Crippen LogP) is -0.577. The average Bonchev–Trinajstić information content (AvgIpc) is 2.63. The maximum Gasteiger partial charge on any atom is 0.246 e. The van der Waals surface area contributed by atoms with Crippen LogP contribution in [0.2, 0.25) is 0 Å². The van der Waals surface area contributed by atoms with Gasteiger partial charge in [0, 0.05) is 5.41 Å². The maximum absolute atomic E-state index is 12.1. The fourth-order valence-electron chi connectivity index (χ4n) is 2.38. The van der Waals surface area contributed by atoms with E-state index < -0.39 is 28.0 Å². The van der Waals surface area contributed by atoms with Gasteiger partial charge < -0.3 is 10.2 Å². The topological polar surface area (TPSA) is 83.6 Å². The van der Waals surface area contributed by atoms with Crippen LogP contribution in [0.25, 0.3) is 0 Å². The minimum atomic E-state index is -3.24. The van der Waals surface area contributed by atoms with Crippen LogP contribution in [-0.4, -0.2) is 49.0 Å². The van der Waals surface area contributed by atoms with Crippen LogP contribution in [0.4, 0.5) is 0 Å². The quantitative estimate of drug-likeness (QED) is 0.729. The monoisotopic (exact) mass is 272 g/mol. The Morgan fingerprint density at radius 1 is 1.44 bits per heavy atom. The van der Waals surface area contributed by atoms with Gasteiger partial charge in [-0.1, -0.05) is 6.92 Å². The molecule has 1 fully saturated rings. The standard InChI is InChI=1S/C11H16N2O4S/c1-3-9-10(14)12-7(2)11(15)13(9)8-4-5-18(16,17)6-8/h4-5,7-9H,3,6H2,1-2H3,(H,12,14). The zero-order chi connectivity index (χ0) is 13.5. The number of nitrogens with zero attached hydrogens (tertiary/aromatic N) is 1. The van der Waals surface area contributed by atoms with Crippen molar-refractivity contribution in [3.05, 3.63) is 11.5 Å². The number of carbonyl (C=O) groups is 2. The van der Waals surface area contributed by atoms with E-state index in [1.807, 2.05) is 0 Å². The second-order valence-electron chi connectivity index (χ2n) is 4.63. The van der Waals surface area contributed by atoms with Crippen molar-refractivity contribution in [1.29, 1.82) is 0 Å². The van der Waals surface area contributed by atoms with Crippen molar-refractivity contribution in [2.75, 3.05) is 5.75 Å². The summed E-state index contributed by atoms with van der Waals surface area (Å²) in [5.41, 5.74) is 0. The lowest BCUT2D eigenvalue weighted by atomic mass is 10.0. The van der Waals surface area contributed by atoms with Crippen LogP contribution in [0, 0.1) is 0 Å². The lowest BCUT2D eigenvalue weighted by Crippen LogP contribution is -2.64. The number of piperazine rings is 1. The van der Waals surface area contributed by atoms with Crippen LogP contribution in [0.15, 0.2) is 11.5 Å². The van der Waals surface area contributed by atoms with Crippen LogP contribution >= 0.6 is 0 Å². The van der Waals surface area contributed by atoms with Gasteiger partial charge in [-0.3, -0.25) is 9.59 Å². The largest absolute Gasteiger partial charge is 0.343 e. The second kappa shape index (κ2) is 4.38. The number of hydrogen-bond acceptors (Lipinski definition) is 4. The van der Waals surface area contributed by atoms with Crippen LogP contribution in [0.5, 0.6) is 0 Å². The van der Waals surface area contributed by atoms with Gasteiger partial charge >= 0.3 is 0 Å². The van der Waals surface area contributed by atoms with Crippen molar-refractivity contribution in [1.82, 2.24) is 10.2 Å². The Kier molecular flexibility index (Phi) is 3.18. The van der Waals surface area contributed by atoms with Gasteiger partial charge in [0.15, 0.2) is 9.84 Å². The predicted molar refractivity (Wildman–Crippen MR) is 65.2 cm³/mol. The highest BCUT2D eigenvalue weighted by Gasteiger charge is 2.42. The number of rotatable bonds is 2. The van der Waals surface area contributed by atoms with E-state index in [1.165, 1.54) is 11.0 Å². The van der Waals surface area contributed by atoms with Crippen molar-refractivity contribution in [3.63, 3.8) is 0 Å². The van der Waals surface area contributed by atoms with Crippen LogP contribution in [0.3, 0.4) is 0 Å². The summed E-state index contributed by atoms with van der Waals surface area (Å²) < 4.78 is 22.8. The first kappa shape index (κ1) is 13.1. The first-order valence-corrected chi connectivity index (χ1v) is 7.61. The van der Waals surface area contributed by atoms with Crippen molar-refractivity contribution >= 4 is 21.7 Å². The summed E-state index contributed by atoms with van der Waals surface area (Å²) in [5.74, 6) is -0.578. The molecule has 0 aromatic carbocycles. The van der Waals surface area contributed by atoms with Gasteiger partial charge in [0.1, 0.15) is 12.1 Å². The summed E-state index contributed by atoms with van der Waals surface area (Å²) >= 11 is 0. The molecule has 2 aliphatic rings. The van der Waals surface area contributed by atoms with Crippen molar-refractivity contribution < 1.29 is 18.0 Å². The third kappa shape index (κ3) is 2.14. The highest BCUT2D eigenvalue weighted by molar-refractivity contribution is 7.94. The van der Waals surface area contributed by atoms with Gasteiger partial charge in [-0.05, 0) is 19.4 Å². The summed E-state index contributed by atoms with van der Waals surface area (Å²) in [5, 5.41) is 3.72. The van der Waals surface area contributed by atoms with E-state index in [1.54, 1.807) is 13.8 Å². The smallest absolute Gasteiger partial charge is 0.246 e. The molecule has 0 spiro atoms. The maximum atomic E-state index is 12.1. The number of carbonyl (C=O) groups excluding carboxylic acids is 2. The molecule has 2 amide bonds. The Balaban J connectivity index is 2.30. The van der Waals surface area contributed by atoms with Gasteiger partial charge in [0.25, 0.3) is 0 Å². The molecular formula is C11H16N2O4S. The molecule has 2 aliphatic heterocycles. The molecule has 1 saturated heterocycles. The van der Waals surface area contributed by atoms with Crippen LogP contribution in [0.1, 0.15) is 20.3 Å². The van der Waals surface area contributed by atoms with Crippen molar-refractivity contribution in [2.24, 2.45) is 0 Å².